The van der Waals surface area contributed by atoms with E-state index in [0.29, 0.717) is 22.3 Å². The molecule has 0 aliphatic carbocycles. The quantitative estimate of drug-likeness (QED) is 0.485. The molecule has 0 aliphatic heterocycles. The molecule has 2 aromatic carbocycles. The highest BCUT2D eigenvalue weighted by molar-refractivity contribution is 7.99. The van der Waals surface area contributed by atoms with Gasteiger partial charge >= 0.3 is 0 Å². The summed E-state index contributed by atoms with van der Waals surface area (Å²) in [5.41, 5.74) is 0.526. The summed E-state index contributed by atoms with van der Waals surface area (Å²) in [6.45, 7) is 0. The van der Waals surface area contributed by atoms with Crippen LogP contribution in [0.5, 0.6) is 5.75 Å². The first-order chi connectivity index (χ1) is 13.2. The Balaban J connectivity index is 1.70. The van der Waals surface area contributed by atoms with Crippen LogP contribution in [0.3, 0.4) is 0 Å². The molecule has 0 aliphatic rings. The zero-order valence-electron chi connectivity index (χ0n) is 14.5. The van der Waals surface area contributed by atoms with Crippen molar-refractivity contribution in [2.45, 2.75) is 9.99 Å². The first kappa shape index (κ1) is 18.4. The van der Waals surface area contributed by atoms with Crippen LogP contribution in [0.15, 0.2) is 86.7 Å². The van der Waals surface area contributed by atoms with Gasteiger partial charge in [-0.2, -0.15) is 5.26 Å². The second kappa shape index (κ2) is 8.79. The van der Waals surface area contributed by atoms with Gasteiger partial charge in [0.15, 0.2) is 5.09 Å². The summed E-state index contributed by atoms with van der Waals surface area (Å²) in [6, 6.07) is 22.1. The normalized spacial score (nSPS) is 10.9. The lowest BCUT2D eigenvalue weighted by molar-refractivity contribution is -0.112. The number of amides is 1. The Morgan fingerprint density at radius 2 is 1.85 bits per heavy atom. The molecule has 3 rings (SSSR count). The molecule has 0 bridgehead atoms. The lowest BCUT2D eigenvalue weighted by Crippen LogP contribution is -2.13. The molecule has 0 fully saturated rings. The van der Waals surface area contributed by atoms with Gasteiger partial charge in [-0.1, -0.05) is 30.0 Å². The van der Waals surface area contributed by atoms with E-state index < -0.39 is 5.91 Å². The second-order valence-corrected chi connectivity index (χ2v) is 6.50. The maximum atomic E-state index is 12.3. The molecule has 0 atom stereocenters. The van der Waals surface area contributed by atoms with Crippen LogP contribution in [-0.2, 0) is 4.79 Å². The molecule has 6 heteroatoms. The number of methoxy groups -OCH3 is 1. The van der Waals surface area contributed by atoms with E-state index in [1.54, 1.807) is 43.5 Å². The molecule has 3 aromatic rings. The van der Waals surface area contributed by atoms with Gasteiger partial charge in [-0.25, -0.2) is 0 Å². The fraction of sp³-hybridized carbons (Fsp3) is 0.0476. The molecule has 0 saturated heterocycles. The van der Waals surface area contributed by atoms with Crippen molar-refractivity contribution < 1.29 is 13.9 Å². The van der Waals surface area contributed by atoms with E-state index in [1.807, 2.05) is 36.4 Å². The van der Waals surface area contributed by atoms with Gasteiger partial charge in [-0.3, -0.25) is 4.79 Å². The summed E-state index contributed by atoms with van der Waals surface area (Å²) < 4.78 is 10.8. The molecular weight excluding hydrogens is 360 g/mol. The number of benzene rings is 2. The first-order valence-corrected chi connectivity index (χ1v) is 8.89. The summed E-state index contributed by atoms with van der Waals surface area (Å²) in [5, 5.41) is 12.7. The highest BCUT2D eigenvalue weighted by Crippen LogP contribution is 2.29. The predicted octanol–water partition coefficient (Wildman–Crippen LogP) is 4.99. The zero-order valence-corrected chi connectivity index (χ0v) is 15.3. The van der Waals surface area contributed by atoms with E-state index in [9.17, 15) is 10.1 Å². The minimum atomic E-state index is -0.503. The first-order valence-electron chi connectivity index (χ1n) is 8.08. The van der Waals surface area contributed by atoms with Crippen LogP contribution in [0.2, 0.25) is 0 Å². The molecule has 5 nitrogen and oxygen atoms in total. The van der Waals surface area contributed by atoms with Crippen molar-refractivity contribution in [2.24, 2.45) is 0 Å². The van der Waals surface area contributed by atoms with Crippen molar-refractivity contribution in [2.75, 3.05) is 12.4 Å². The predicted molar refractivity (Wildman–Crippen MR) is 104 cm³/mol. The Morgan fingerprint density at radius 1 is 1.11 bits per heavy atom. The Labute approximate surface area is 161 Å². The number of anilines is 1. The highest BCUT2D eigenvalue weighted by atomic mass is 32.2. The molecule has 1 heterocycles. The number of rotatable bonds is 6. The Kier molecular flexibility index (Phi) is 5.98. The van der Waals surface area contributed by atoms with Crippen molar-refractivity contribution in [1.82, 2.24) is 0 Å². The van der Waals surface area contributed by atoms with Crippen LogP contribution in [-0.4, -0.2) is 13.0 Å². The van der Waals surface area contributed by atoms with E-state index in [2.05, 4.69) is 5.32 Å². The van der Waals surface area contributed by atoms with Crippen LogP contribution in [0, 0.1) is 11.3 Å². The Bertz CT molecular complexity index is 986. The van der Waals surface area contributed by atoms with E-state index >= 15 is 0 Å². The summed E-state index contributed by atoms with van der Waals surface area (Å²) in [6.07, 6.45) is 1.42. The summed E-state index contributed by atoms with van der Waals surface area (Å²) in [4.78, 5) is 13.4. The van der Waals surface area contributed by atoms with Crippen molar-refractivity contribution >= 4 is 29.4 Å². The van der Waals surface area contributed by atoms with E-state index in [1.165, 1.54) is 17.8 Å². The van der Waals surface area contributed by atoms with Crippen molar-refractivity contribution in [3.8, 4) is 11.8 Å². The van der Waals surface area contributed by atoms with Crippen molar-refractivity contribution in [1.29, 1.82) is 5.26 Å². The van der Waals surface area contributed by atoms with Gasteiger partial charge in [-0.15, -0.1) is 0 Å². The van der Waals surface area contributed by atoms with E-state index in [-0.39, 0.29) is 5.57 Å². The zero-order chi connectivity index (χ0) is 19.1. The van der Waals surface area contributed by atoms with Crippen LogP contribution < -0.4 is 10.1 Å². The molecule has 0 saturated carbocycles. The van der Waals surface area contributed by atoms with Gasteiger partial charge in [0.2, 0.25) is 0 Å². The van der Waals surface area contributed by atoms with Gasteiger partial charge in [0.1, 0.15) is 23.2 Å². The highest BCUT2D eigenvalue weighted by Gasteiger charge is 2.11. The third-order valence-corrected chi connectivity index (χ3v) is 4.49. The molecule has 0 radical (unpaired) electrons. The molecule has 134 valence electrons. The number of furan rings is 1. The third-order valence-electron chi connectivity index (χ3n) is 3.56. The Hall–Kier alpha value is -3.43. The summed E-state index contributed by atoms with van der Waals surface area (Å²) in [7, 11) is 1.57. The van der Waals surface area contributed by atoms with Crippen molar-refractivity contribution in [3.63, 3.8) is 0 Å². The summed E-state index contributed by atoms with van der Waals surface area (Å²) >= 11 is 1.47. The van der Waals surface area contributed by atoms with Crippen LogP contribution in [0.25, 0.3) is 6.08 Å². The lowest BCUT2D eigenvalue weighted by Gasteiger charge is -2.05. The standard InChI is InChI=1S/C21H16N2O3S/c1-25-17-9-7-16(8-10-17)23-21(24)15(14-22)13-18-11-12-20(26-18)27-19-5-3-2-4-6-19/h2-13H,1H3,(H,23,24). The smallest absolute Gasteiger partial charge is 0.266 e. The number of carbonyl (C=O) groups is 1. The number of hydrogen-bond donors (Lipinski definition) is 1. The fourth-order valence-electron chi connectivity index (χ4n) is 2.24. The molecule has 0 spiro atoms. The van der Waals surface area contributed by atoms with Crippen molar-refractivity contribution in [3.05, 3.63) is 78.1 Å². The van der Waals surface area contributed by atoms with Gasteiger partial charge in [0, 0.05) is 16.7 Å². The number of ether oxygens (including phenoxy) is 1. The largest absolute Gasteiger partial charge is 0.497 e. The fourth-order valence-corrected chi connectivity index (χ4v) is 3.03. The van der Waals surface area contributed by atoms with Gasteiger partial charge in [0.25, 0.3) is 5.91 Å². The van der Waals surface area contributed by atoms with Crippen LogP contribution >= 0.6 is 11.8 Å². The maximum absolute atomic E-state index is 12.3. The maximum Gasteiger partial charge on any atom is 0.266 e. The van der Waals surface area contributed by atoms with Crippen LogP contribution in [0.1, 0.15) is 5.76 Å². The number of nitriles is 1. The number of hydrogen-bond acceptors (Lipinski definition) is 5. The average Bonchev–Trinajstić information content (AvgIpc) is 3.14. The van der Waals surface area contributed by atoms with Gasteiger partial charge in [-0.05, 0) is 48.5 Å². The number of nitrogens with one attached hydrogen (secondary N) is 1. The van der Waals surface area contributed by atoms with Gasteiger partial charge < -0.3 is 14.5 Å². The van der Waals surface area contributed by atoms with E-state index in [0.717, 1.165) is 4.90 Å². The molecule has 1 amide bonds. The average molecular weight is 376 g/mol. The molecule has 1 aromatic heterocycles. The van der Waals surface area contributed by atoms with Crippen LogP contribution in [0.4, 0.5) is 5.69 Å². The molecule has 1 N–H and O–H groups in total. The summed E-state index contributed by atoms with van der Waals surface area (Å²) in [5.74, 6) is 0.620. The monoisotopic (exact) mass is 376 g/mol. The Morgan fingerprint density at radius 3 is 2.52 bits per heavy atom. The SMILES string of the molecule is COc1ccc(NC(=O)C(C#N)=Cc2ccc(Sc3ccccc3)o2)cc1. The second-order valence-electron chi connectivity index (χ2n) is 5.42. The number of nitrogens with zero attached hydrogens (tertiary/aromatic N) is 1. The number of carbonyl (C=O) groups excluding carboxylic acids is 1. The lowest BCUT2D eigenvalue weighted by atomic mass is 10.2. The third kappa shape index (κ3) is 5.03. The molecule has 27 heavy (non-hydrogen) atoms. The topological polar surface area (TPSA) is 75.3 Å². The minimum absolute atomic E-state index is 0.0450. The molecule has 0 unspecified atom stereocenters. The minimum Gasteiger partial charge on any atom is -0.497 e. The van der Waals surface area contributed by atoms with Gasteiger partial charge in [0.05, 0.1) is 7.11 Å². The van der Waals surface area contributed by atoms with E-state index in [4.69, 9.17) is 9.15 Å². The molecular formula is C21H16N2O3S.